The third-order valence-corrected chi connectivity index (χ3v) is 10.0. The van der Waals surface area contributed by atoms with Crippen molar-refractivity contribution in [2.24, 2.45) is 46.8 Å². The van der Waals surface area contributed by atoms with Crippen molar-refractivity contribution in [1.82, 2.24) is 0 Å². The van der Waals surface area contributed by atoms with E-state index in [4.69, 9.17) is 0 Å². The third kappa shape index (κ3) is 2.58. The quantitative estimate of drug-likeness (QED) is 0.521. The van der Waals surface area contributed by atoms with Crippen molar-refractivity contribution < 1.29 is 4.79 Å². The molecule has 8 atom stereocenters. The van der Waals surface area contributed by atoms with Gasteiger partial charge >= 0.3 is 0 Å². The summed E-state index contributed by atoms with van der Waals surface area (Å²) in [6.07, 6.45) is 12.5. The number of carbonyl (C=O) groups excluding carboxylic acids is 1. The first-order valence-corrected chi connectivity index (χ1v) is 12.1. The van der Waals surface area contributed by atoms with E-state index in [0.717, 1.165) is 47.5 Å². The van der Waals surface area contributed by atoms with E-state index >= 15 is 0 Å². The van der Waals surface area contributed by atoms with Gasteiger partial charge in [0.1, 0.15) is 0 Å². The molecule has 0 aliphatic heterocycles. The second kappa shape index (κ2) is 6.47. The maximum Gasteiger partial charge on any atom is 0.167 e. The van der Waals surface area contributed by atoms with E-state index in [1.165, 1.54) is 51.4 Å². The monoisotopic (exact) mass is 370 g/mol. The lowest BCUT2D eigenvalue weighted by molar-refractivity contribution is -0.0634. The summed E-state index contributed by atoms with van der Waals surface area (Å²) in [6.45, 7) is 4.96. The zero-order chi connectivity index (χ0) is 17.9. The Bertz CT molecular complexity index is 664. The van der Waals surface area contributed by atoms with E-state index in [2.05, 4.69) is 24.6 Å². The molecule has 4 saturated carbocycles. The van der Waals surface area contributed by atoms with E-state index in [1.54, 1.807) is 11.3 Å². The van der Waals surface area contributed by atoms with Gasteiger partial charge in [0.2, 0.25) is 0 Å². The van der Waals surface area contributed by atoms with E-state index in [0.29, 0.717) is 5.78 Å². The Hall–Kier alpha value is -0.630. The molecule has 4 fully saturated rings. The Balaban J connectivity index is 1.38. The molecule has 0 spiro atoms. The van der Waals surface area contributed by atoms with Gasteiger partial charge in [0, 0.05) is 16.9 Å². The maximum absolute atomic E-state index is 13.2. The highest BCUT2D eigenvalue weighted by Gasteiger charge is 2.58. The molecule has 26 heavy (non-hydrogen) atoms. The first kappa shape index (κ1) is 17.5. The summed E-state index contributed by atoms with van der Waals surface area (Å²) in [4.78, 5) is 13.2. The Morgan fingerprint density at radius 2 is 1.88 bits per heavy atom. The lowest BCUT2D eigenvalue weighted by Crippen LogP contribution is -2.49. The molecule has 1 aromatic heterocycles. The molecule has 4 aliphatic rings. The van der Waals surface area contributed by atoms with Crippen molar-refractivity contribution in [3.05, 3.63) is 22.4 Å². The van der Waals surface area contributed by atoms with Gasteiger partial charge < -0.3 is 0 Å². The molecule has 142 valence electrons. The molecule has 0 unspecified atom stereocenters. The lowest BCUT2D eigenvalue weighted by Gasteiger charge is -2.56. The predicted octanol–water partition coefficient (Wildman–Crippen LogP) is 6.84. The van der Waals surface area contributed by atoms with Crippen LogP contribution in [0.2, 0.25) is 0 Å². The van der Waals surface area contributed by atoms with Crippen LogP contribution < -0.4 is 0 Å². The second-order valence-electron chi connectivity index (χ2n) is 10.4. The SMILES string of the molecule is C[C@H]1CC[C@H]2[C@H](CC[C@@H]3[C@@H]2CC[C@]2(C)[C@@H](C(=O)c4ccsc4)CC[C@@H]32)C1. The van der Waals surface area contributed by atoms with E-state index in [-0.39, 0.29) is 11.3 Å². The van der Waals surface area contributed by atoms with Crippen molar-refractivity contribution >= 4 is 17.1 Å². The molecular formula is C24H34OS. The van der Waals surface area contributed by atoms with E-state index < -0.39 is 0 Å². The van der Waals surface area contributed by atoms with Crippen LogP contribution in [0.15, 0.2) is 16.8 Å². The number of thiophene rings is 1. The fraction of sp³-hybridized carbons (Fsp3) is 0.792. The third-order valence-electron chi connectivity index (χ3n) is 9.34. The average Bonchev–Trinajstić information content (AvgIpc) is 3.28. The van der Waals surface area contributed by atoms with Crippen molar-refractivity contribution in [2.45, 2.75) is 71.6 Å². The van der Waals surface area contributed by atoms with Gasteiger partial charge in [-0.25, -0.2) is 0 Å². The highest BCUT2D eigenvalue weighted by molar-refractivity contribution is 7.08. The Kier molecular flexibility index (Phi) is 4.34. The highest BCUT2D eigenvalue weighted by atomic mass is 32.1. The van der Waals surface area contributed by atoms with Crippen molar-refractivity contribution in [2.75, 3.05) is 0 Å². The fourth-order valence-corrected chi connectivity index (χ4v) is 8.77. The van der Waals surface area contributed by atoms with E-state index in [9.17, 15) is 4.79 Å². The van der Waals surface area contributed by atoms with Gasteiger partial charge in [0.05, 0.1) is 0 Å². The Labute approximate surface area is 163 Å². The molecule has 0 radical (unpaired) electrons. The predicted molar refractivity (Wildman–Crippen MR) is 108 cm³/mol. The number of ketones is 1. The molecule has 0 saturated heterocycles. The van der Waals surface area contributed by atoms with Crippen LogP contribution in [0.4, 0.5) is 0 Å². The van der Waals surface area contributed by atoms with Crippen molar-refractivity contribution in [3.63, 3.8) is 0 Å². The minimum Gasteiger partial charge on any atom is -0.294 e. The zero-order valence-corrected chi connectivity index (χ0v) is 17.3. The minimum absolute atomic E-state index is 0.273. The largest absolute Gasteiger partial charge is 0.294 e. The summed E-state index contributed by atoms with van der Waals surface area (Å²) in [6, 6.07) is 2.05. The number of hydrogen-bond donors (Lipinski definition) is 0. The summed E-state index contributed by atoms with van der Waals surface area (Å²) in [5.74, 6) is 6.45. The molecule has 1 heterocycles. The van der Waals surface area contributed by atoms with Gasteiger partial charge in [0.15, 0.2) is 5.78 Å². The Morgan fingerprint density at radius 1 is 1.04 bits per heavy atom. The molecule has 0 amide bonds. The molecule has 2 heteroatoms. The number of rotatable bonds is 2. The molecule has 1 nitrogen and oxygen atoms in total. The van der Waals surface area contributed by atoms with E-state index in [1.807, 2.05) is 6.07 Å². The van der Waals surface area contributed by atoms with Crippen LogP contribution in [0.25, 0.3) is 0 Å². The Morgan fingerprint density at radius 3 is 2.69 bits per heavy atom. The number of Topliss-reactive ketones (excluding diaryl/α,β-unsaturated/α-hetero) is 1. The molecular weight excluding hydrogens is 336 g/mol. The summed E-state index contributed by atoms with van der Waals surface area (Å²) in [5, 5.41) is 4.13. The molecule has 1 aromatic rings. The summed E-state index contributed by atoms with van der Waals surface area (Å²) >= 11 is 1.66. The normalized spacial score (nSPS) is 47.7. The molecule has 5 rings (SSSR count). The summed E-state index contributed by atoms with van der Waals surface area (Å²) < 4.78 is 0. The van der Waals surface area contributed by atoms with Crippen LogP contribution >= 0.6 is 11.3 Å². The van der Waals surface area contributed by atoms with Crippen LogP contribution in [0.1, 0.15) is 82.0 Å². The van der Waals surface area contributed by atoms with Gasteiger partial charge in [0.25, 0.3) is 0 Å². The van der Waals surface area contributed by atoms with Crippen LogP contribution in [0, 0.1) is 46.8 Å². The van der Waals surface area contributed by atoms with Crippen molar-refractivity contribution in [3.8, 4) is 0 Å². The summed E-state index contributed by atoms with van der Waals surface area (Å²) in [7, 11) is 0. The van der Waals surface area contributed by atoms with Crippen LogP contribution in [0.5, 0.6) is 0 Å². The van der Waals surface area contributed by atoms with Crippen LogP contribution in [0.3, 0.4) is 0 Å². The smallest absolute Gasteiger partial charge is 0.167 e. The average molecular weight is 371 g/mol. The molecule has 4 aliphatic carbocycles. The second-order valence-corrected chi connectivity index (χ2v) is 11.2. The van der Waals surface area contributed by atoms with Gasteiger partial charge in [-0.15, -0.1) is 0 Å². The molecule has 0 aromatic carbocycles. The highest BCUT2D eigenvalue weighted by Crippen LogP contribution is 2.64. The number of hydrogen-bond acceptors (Lipinski definition) is 2. The van der Waals surface area contributed by atoms with Gasteiger partial charge in [-0.3, -0.25) is 4.79 Å². The first-order valence-electron chi connectivity index (χ1n) is 11.1. The zero-order valence-electron chi connectivity index (χ0n) is 16.5. The maximum atomic E-state index is 13.2. The minimum atomic E-state index is 0.273. The molecule has 0 bridgehead atoms. The van der Waals surface area contributed by atoms with Gasteiger partial charge in [-0.05, 0) is 104 Å². The standard InChI is InChI=1S/C24H34OS/c1-15-3-5-18-16(13-15)4-6-20-19(18)9-11-24(2)21(20)7-8-22(24)23(25)17-10-12-26-14-17/h10,12,14-16,18-22H,3-9,11,13H2,1-2H3/t15-,16+,18-,19+,20+,21-,22+,24-/m0/s1. The number of fused-ring (bicyclic) bond motifs is 5. The topological polar surface area (TPSA) is 17.1 Å². The molecule has 0 N–H and O–H groups in total. The van der Waals surface area contributed by atoms with Gasteiger partial charge in [-0.1, -0.05) is 20.3 Å². The first-order chi connectivity index (χ1) is 12.6. The van der Waals surface area contributed by atoms with Gasteiger partial charge in [-0.2, -0.15) is 11.3 Å². The summed E-state index contributed by atoms with van der Waals surface area (Å²) in [5.41, 5.74) is 1.25. The lowest BCUT2D eigenvalue weighted by atomic mass is 9.49. The van der Waals surface area contributed by atoms with Crippen LogP contribution in [-0.2, 0) is 0 Å². The fourth-order valence-electron chi connectivity index (χ4n) is 8.12. The van der Waals surface area contributed by atoms with Crippen LogP contribution in [-0.4, -0.2) is 5.78 Å². The van der Waals surface area contributed by atoms with Crippen molar-refractivity contribution in [1.29, 1.82) is 0 Å². The number of carbonyl (C=O) groups is 1.